The minimum absolute atomic E-state index is 0.0841. The van der Waals surface area contributed by atoms with E-state index in [9.17, 15) is 9.59 Å². The van der Waals surface area contributed by atoms with Crippen LogP contribution in [0.1, 0.15) is 39.2 Å². The molecule has 2 amide bonds. The van der Waals surface area contributed by atoms with Crippen molar-refractivity contribution in [2.24, 2.45) is 16.6 Å². The van der Waals surface area contributed by atoms with Gasteiger partial charge in [-0.15, -0.1) is 11.3 Å². The molecule has 144 valence electrons. The predicted molar refractivity (Wildman–Crippen MR) is 110 cm³/mol. The van der Waals surface area contributed by atoms with Gasteiger partial charge in [0.15, 0.2) is 0 Å². The van der Waals surface area contributed by atoms with E-state index >= 15 is 0 Å². The number of benzene rings is 1. The van der Waals surface area contributed by atoms with Gasteiger partial charge in [0.2, 0.25) is 11.8 Å². The summed E-state index contributed by atoms with van der Waals surface area (Å²) in [5.74, 6) is -0.225. The topological polar surface area (TPSA) is 63.4 Å². The van der Waals surface area contributed by atoms with Crippen LogP contribution in [0.5, 0.6) is 0 Å². The molecule has 5 heteroatoms. The Morgan fingerprint density at radius 2 is 1.89 bits per heavy atom. The summed E-state index contributed by atoms with van der Waals surface area (Å²) in [6.07, 6.45) is 2.10. The highest BCUT2D eigenvalue weighted by molar-refractivity contribution is 7.13. The maximum Gasteiger partial charge on any atom is 0.227 e. The van der Waals surface area contributed by atoms with Crippen LogP contribution < -0.4 is 5.73 Å². The number of hydrogen-bond donors (Lipinski definition) is 1. The zero-order chi connectivity index (χ0) is 19.7. The average molecular weight is 385 g/mol. The van der Waals surface area contributed by atoms with Crippen LogP contribution in [-0.4, -0.2) is 29.8 Å². The lowest BCUT2D eigenvalue weighted by molar-refractivity contribution is -0.146. The molecule has 0 spiro atoms. The number of rotatable bonds is 4. The molecule has 1 aromatic carbocycles. The van der Waals surface area contributed by atoms with Crippen molar-refractivity contribution in [2.45, 2.75) is 40.0 Å². The first-order valence-electron chi connectivity index (χ1n) is 9.43. The second kappa shape index (κ2) is 7.47. The Morgan fingerprint density at radius 3 is 2.44 bits per heavy atom. The van der Waals surface area contributed by atoms with E-state index < -0.39 is 10.8 Å². The van der Waals surface area contributed by atoms with E-state index in [1.165, 1.54) is 10.4 Å². The zero-order valence-corrected chi connectivity index (χ0v) is 17.1. The number of nitrogens with zero attached hydrogens (tertiary/aromatic N) is 1. The van der Waals surface area contributed by atoms with Crippen LogP contribution in [0.15, 0.2) is 41.8 Å². The molecule has 4 nitrogen and oxygen atoms in total. The van der Waals surface area contributed by atoms with Crippen LogP contribution in [0.25, 0.3) is 10.4 Å². The Balaban J connectivity index is 1.81. The summed E-state index contributed by atoms with van der Waals surface area (Å²) in [5, 5.41) is 2.06. The largest absolute Gasteiger partial charge is 0.369 e. The molecule has 1 aliphatic heterocycles. The van der Waals surface area contributed by atoms with Crippen LogP contribution in [0, 0.1) is 10.8 Å². The van der Waals surface area contributed by atoms with Gasteiger partial charge in [-0.1, -0.05) is 51.1 Å². The molecule has 1 aliphatic rings. The molecule has 27 heavy (non-hydrogen) atoms. The highest BCUT2D eigenvalue weighted by atomic mass is 32.1. The summed E-state index contributed by atoms with van der Waals surface area (Å²) in [6, 6.07) is 12.5. The SMILES string of the molecule is CC(C)(C)C(=O)N1CCCC(Cc2ccc(-c3cccs3)cc2)(C(N)=O)C1. The molecule has 3 rings (SSSR count). The first kappa shape index (κ1) is 19.6. The molecule has 1 saturated heterocycles. The minimum atomic E-state index is -0.691. The fraction of sp³-hybridized carbons (Fsp3) is 0.455. The summed E-state index contributed by atoms with van der Waals surface area (Å²) >= 11 is 1.71. The summed E-state index contributed by atoms with van der Waals surface area (Å²) in [4.78, 5) is 28.2. The van der Waals surface area contributed by atoms with Gasteiger partial charge in [-0.2, -0.15) is 0 Å². The van der Waals surface area contributed by atoms with E-state index in [-0.39, 0.29) is 11.8 Å². The van der Waals surface area contributed by atoms with Gasteiger partial charge in [0.25, 0.3) is 0 Å². The first-order chi connectivity index (χ1) is 12.7. The van der Waals surface area contributed by atoms with Crippen LogP contribution in [0.3, 0.4) is 0 Å². The van der Waals surface area contributed by atoms with Gasteiger partial charge in [-0.05, 0) is 41.8 Å². The van der Waals surface area contributed by atoms with Crippen LogP contribution in [-0.2, 0) is 16.0 Å². The molecule has 1 fully saturated rings. The quantitative estimate of drug-likeness (QED) is 0.863. The third kappa shape index (κ3) is 4.24. The van der Waals surface area contributed by atoms with Crippen molar-refractivity contribution in [3.63, 3.8) is 0 Å². The van der Waals surface area contributed by atoms with Gasteiger partial charge in [-0.3, -0.25) is 9.59 Å². The number of piperidine rings is 1. The van der Waals surface area contributed by atoms with Gasteiger partial charge in [0, 0.05) is 23.4 Å². The highest BCUT2D eigenvalue weighted by Gasteiger charge is 2.43. The third-order valence-electron chi connectivity index (χ3n) is 5.33. The Hall–Kier alpha value is -2.14. The first-order valence-corrected chi connectivity index (χ1v) is 10.3. The number of likely N-dealkylation sites (tertiary alicyclic amines) is 1. The number of thiophene rings is 1. The fourth-order valence-corrected chi connectivity index (χ4v) is 4.57. The van der Waals surface area contributed by atoms with Crippen LogP contribution in [0.2, 0.25) is 0 Å². The molecule has 1 unspecified atom stereocenters. The molecule has 2 aromatic rings. The van der Waals surface area contributed by atoms with Crippen LogP contribution in [0.4, 0.5) is 0 Å². The van der Waals surface area contributed by atoms with Crippen molar-refractivity contribution in [1.29, 1.82) is 0 Å². The minimum Gasteiger partial charge on any atom is -0.369 e. The molecule has 2 N–H and O–H groups in total. The number of carbonyl (C=O) groups is 2. The van der Waals surface area contributed by atoms with Crippen molar-refractivity contribution in [1.82, 2.24) is 4.90 Å². The number of carbonyl (C=O) groups excluding carboxylic acids is 2. The molecule has 0 saturated carbocycles. The van der Waals surface area contributed by atoms with E-state index in [1.54, 1.807) is 11.3 Å². The van der Waals surface area contributed by atoms with Crippen molar-refractivity contribution >= 4 is 23.2 Å². The van der Waals surface area contributed by atoms with E-state index in [2.05, 4.69) is 35.7 Å². The second-order valence-corrected chi connectivity index (χ2v) is 9.52. The lowest BCUT2D eigenvalue weighted by Crippen LogP contribution is -2.55. The summed E-state index contributed by atoms with van der Waals surface area (Å²) in [5.41, 5.74) is 6.97. The molecule has 0 bridgehead atoms. The number of hydrogen-bond acceptors (Lipinski definition) is 3. The van der Waals surface area contributed by atoms with Crippen molar-refractivity contribution in [3.8, 4) is 10.4 Å². The molecule has 0 radical (unpaired) electrons. The smallest absolute Gasteiger partial charge is 0.227 e. The Bertz CT molecular complexity index is 806. The standard InChI is InChI=1S/C22H28N2O2S/c1-21(2,3)20(26)24-12-5-11-22(15-24,19(23)25)14-16-7-9-17(10-8-16)18-6-4-13-27-18/h4,6-10,13H,5,11-12,14-15H2,1-3H3,(H2,23,25). The van der Waals surface area contributed by atoms with E-state index in [1.807, 2.05) is 31.7 Å². The van der Waals surface area contributed by atoms with Crippen LogP contribution >= 0.6 is 11.3 Å². The normalized spacial score (nSPS) is 20.5. The molecular formula is C22H28N2O2S. The second-order valence-electron chi connectivity index (χ2n) is 8.58. The summed E-state index contributed by atoms with van der Waals surface area (Å²) in [7, 11) is 0. The summed E-state index contributed by atoms with van der Waals surface area (Å²) in [6.45, 7) is 6.85. The maximum atomic E-state index is 12.7. The monoisotopic (exact) mass is 384 g/mol. The number of primary amides is 1. The summed E-state index contributed by atoms with van der Waals surface area (Å²) < 4.78 is 0. The van der Waals surface area contributed by atoms with Crippen molar-refractivity contribution in [2.75, 3.05) is 13.1 Å². The maximum absolute atomic E-state index is 12.7. The predicted octanol–water partition coefficient (Wildman–Crippen LogP) is 4.10. The van der Waals surface area contributed by atoms with Crippen molar-refractivity contribution in [3.05, 3.63) is 47.3 Å². The zero-order valence-electron chi connectivity index (χ0n) is 16.3. The van der Waals surface area contributed by atoms with Gasteiger partial charge in [-0.25, -0.2) is 0 Å². The van der Waals surface area contributed by atoms with E-state index in [0.717, 1.165) is 18.4 Å². The molecule has 1 aromatic heterocycles. The number of amides is 2. The highest BCUT2D eigenvalue weighted by Crippen LogP contribution is 2.36. The Kier molecular flexibility index (Phi) is 5.43. The van der Waals surface area contributed by atoms with Gasteiger partial charge in [0.05, 0.1) is 5.41 Å². The van der Waals surface area contributed by atoms with Crippen molar-refractivity contribution < 1.29 is 9.59 Å². The lowest BCUT2D eigenvalue weighted by atomic mass is 9.74. The van der Waals surface area contributed by atoms with Gasteiger partial charge < -0.3 is 10.6 Å². The average Bonchev–Trinajstić information content (AvgIpc) is 3.15. The molecule has 0 aliphatic carbocycles. The van der Waals surface area contributed by atoms with E-state index in [4.69, 9.17) is 5.73 Å². The fourth-order valence-electron chi connectivity index (χ4n) is 3.83. The van der Waals surface area contributed by atoms with E-state index in [0.29, 0.717) is 19.5 Å². The lowest BCUT2D eigenvalue weighted by Gasteiger charge is -2.42. The van der Waals surface area contributed by atoms with Gasteiger partial charge >= 0.3 is 0 Å². The Morgan fingerprint density at radius 1 is 1.19 bits per heavy atom. The van der Waals surface area contributed by atoms with Gasteiger partial charge in [0.1, 0.15) is 0 Å². The molecular weight excluding hydrogens is 356 g/mol. The Labute approximate surface area is 165 Å². The molecule has 2 heterocycles. The molecule has 1 atom stereocenters. The number of nitrogens with two attached hydrogens (primary N) is 1. The third-order valence-corrected chi connectivity index (χ3v) is 6.25.